The molecule has 1 aliphatic heterocycles. The summed E-state index contributed by atoms with van der Waals surface area (Å²) in [6.45, 7) is 4.05. The van der Waals surface area contributed by atoms with E-state index < -0.39 is 0 Å². The number of ether oxygens (including phenoxy) is 1. The van der Waals surface area contributed by atoms with Crippen LogP contribution in [0.1, 0.15) is 18.9 Å². The van der Waals surface area contributed by atoms with Gasteiger partial charge in [-0.3, -0.25) is 0 Å². The number of para-hydroxylation sites is 1. The molecule has 1 aromatic carbocycles. The lowest BCUT2D eigenvalue weighted by molar-refractivity contribution is 0.345. The molecule has 1 heterocycles. The zero-order chi connectivity index (χ0) is 11.2. The number of anilines is 1. The van der Waals surface area contributed by atoms with Crippen LogP contribution >= 0.6 is 11.8 Å². The smallest absolute Gasteiger partial charge is 0.142 e. The molecule has 2 nitrogen and oxygen atoms in total. The Balaban J connectivity index is 1.97. The third kappa shape index (κ3) is 2.85. The molecule has 1 aliphatic rings. The molecule has 0 aromatic heterocycles. The highest BCUT2D eigenvalue weighted by molar-refractivity contribution is 7.99. The van der Waals surface area contributed by atoms with E-state index in [1.807, 2.05) is 11.8 Å². The maximum Gasteiger partial charge on any atom is 0.142 e. The van der Waals surface area contributed by atoms with Crippen molar-refractivity contribution < 1.29 is 4.74 Å². The van der Waals surface area contributed by atoms with E-state index in [0.717, 1.165) is 30.4 Å². The van der Waals surface area contributed by atoms with Crippen molar-refractivity contribution >= 4 is 17.4 Å². The summed E-state index contributed by atoms with van der Waals surface area (Å²) in [6, 6.07) is 6.34. The molecule has 16 heavy (non-hydrogen) atoms. The minimum Gasteiger partial charge on any atom is -0.491 e. The first-order valence-electron chi connectivity index (χ1n) is 5.98. The molecule has 0 bridgehead atoms. The fourth-order valence-electron chi connectivity index (χ4n) is 1.95. The summed E-state index contributed by atoms with van der Waals surface area (Å²) in [7, 11) is 0. The van der Waals surface area contributed by atoms with Crippen LogP contribution in [0.15, 0.2) is 18.2 Å². The van der Waals surface area contributed by atoms with E-state index in [1.165, 1.54) is 24.1 Å². The van der Waals surface area contributed by atoms with Gasteiger partial charge in [0, 0.05) is 12.3 Å². The lowest BCUT2D eigenvalue weighted by Crippen LogP contribution is -2.13. The molecule has 0 saturated heterocycles. The Hall–Kier alpha value is -0.830. The van der Waals surface area contributed by atoms with Crippen LogP contribution in [0, 0.1) is 0 Å². The van der Waals surface area contributed by atoms with Crippen LogP contribution in [0.25, 0.3) is 0 Å². The van der Waals surface area contributed by atoms with Crippen molar-refractivity contribution in [2.75, 3.05) is 30.0 Å². The van der Waals surface area contributed by atoms with Gasteiger partial charge in [0.1, 0.15) is 5.75 Å². The Kier molecular flexibility index (Phi) is 4.40. The molecule has 0 radical (unpaired) electrons. The third-order valence-electron chi connectivity index (χ3n) is 2.73. The van der Waals surface area contributed by atoms with Crippen LogP contribution in [0.5, 0.6) is 5.75 Å². The summed E-state index contributed by atoms with van der Waals surface area (Å²) in [5.41, 5.74) is 2.61. The van der Waals surface area contributed by atoms with Gasteiger partial charge in [-0.05, 0) is 30.2 Å². The quantitative estimate of drug-likeness (QED) is 0.795. The SMILES string of the molecule is CCSCCOc1cccc2c1NCCC2. The van der Waals surface area contributed by atoms with E-state index in [4.69, 9.17) is 4.74 Å². The van der Waals surface area contributed by atoms with Gasteiger partial charge >= 0.3 is 0 Å². The van der Waals surface area contributed by atoms with Crippen molar-refractivity contribution in [2.24, 2.45) is 0 Å². The molecule has 0 spiro atoms. The Morgan fingerprint density at radius 1 is 1.44 bits per heavy atom. The van der Waals surface area contributed by atoms with Crippen LogP contribution in [0.2, 0.25) is 0 Å². The number of benzene rings is 1. The summed E-state index contributed by atoms with van der Waals surface area (Å²) in [5.74, 6) is 3.25. The minimum absolute atomic E-state index is 0.802. The molecule has 88 valence electrons. The molecule has 0 amide bonds. The predicted octanol–water partition coefficient (Wildman–Crippen LogP) is 3.18. The molecule has 0 saturated carbocycles. The predicted molar refractivity (Wildman–Crippen MR) is 71.7 cm³/mol. The topological polar surface area (TPSA) is 21.3 Å². The largest absolute Gasteiger partial charge is 0.491 e. The first kappa shape index (κ1) is 11.6. The van der Waals surface area contributed by atoms with Gasteiger partial charge < -0.3 is 10.1 Å². The Bertz CT molecular complexity index is 341. The third-order valence-corrected chi connectivity index (χ3v) is 3.59. The molecule has 0 unspecified atom stereocenters. The van der Waals surface area contributed by atoms with Gasteiger partial charge in [-0.1, -0.05) is 19.1 Å². The van der Waals surface area contributed by atoms with Crippen LogP contribution in [0.4, 0.5) is 5.69 Å². The van der Waals surface area contributed by atoms with Crippen LogP contribution in [-0.2, 0) is 6.42 Å². The number of thioether (sulfide) groups is 1. The number of hydrogen-bond acceptors (Lipinski definition) is 3. The molecular weight excluding hydrogens is 218 g/mol. The lowest BCUT2D eigenvalue weighted by atomic mass is 10.0. The molecule has 2 rings (SSSR count). The van der Waals surface area contributed by atoms with E-state index in [2.05, 4.69) is 30.4 Å². The number of nitrogens with one attached hydrogen (secondary N) is 1. The molecule has 3 heteroatoms. The van der Waals surface area contributed by atoms with Gasteiger partial charge in [0.15, 0.2) is 0 Å². The van der Waals surface area contributed by atoms with E-state index in [1.54, 1.807) is 0 Å². The van der Waals surface area contributed by atoms with Gasteiger partial charge in [-0.15, -0.1) is 0 Å². The van der Waals surface area contributed by atoms with E-state index in [9.17, 15) is 0 Å². The number of hydrogen-bond donors (Lipinski definition) is 1. The fourth-order valence-corrected chi connectivity index (χ4v) is 2.44. The molecule has 0 fully saturated rings. The second-order valence-corrected chi connectivity index (χ2v) is 5.26. The Morgan fingerprint density at radius 2 is 2.38 bits per heavy atom. The average Bonchev–Trinajstić information content (AvgIpc) is 2.35. The summed E-state index contributed by atoms with van der Waals surface area (Å²) < 4.78 is 5.82. The van der Waals surface area contributed by atoms with Crippen molar-refractivity contribution in [1.82, 2.24) is 0 Å². The van der Waals surface area contributed by atoms with Crippen molar-refractivity contribution in [1.29, 1.82) is 0 Å². The van der Waals surface area contributed by atoms with Crippen LogP contribution in [-0.4, -0.2) is 24.7 Å². The standard InChI is InChI=1S/C13H19NOS/c1-2-16-10-9-15-12-7-3-5-11-6-4-8-14-13(11)12/h3,5,7,14H,2,4,6,8-10H2,1H3. The highest BCUT2D eigenvalue weighted by atomic mass is 32.2. The maximum atomic E-state index is 5.82. The zero-order valence-electron chi connectivity index (χ0n) is 9.79. The Labute approximate surface area is 102 Å². The van der Waals surface area contributed by atoms with Gasteiger partial charge in [0.05, 0.1) is 12.3 Å². The van der Waals surface area contributed by atoms with Gasteiger partial charge in [-0.25, -0.2) is 0 Å². The number of fused-ring (bicyclic) bond motifs is 1. The summed E-state index contributed by atoms with van der Waals surface area (Å²) in [4.78, 5) is 0. The minimum atomic E-state index is 0.802. The average molecular weight is 237 g/mol. The molecule has 0 atom stereocenters. The van der Waals surface area contributed by atoms with E-state index in [0.29, 0.717) is 0 Å². The molecular formula is C13H19NOS. The summed E-state index contributed by atoms with van der Waals surface area (Å²) in [6.07, 6.45) is 2.39. The second-order valence-electron chi connectivity index (χ2n) is 3.87. The van der Waals surface area contributed by atoms with E-state index in [-0.39, 0.29) is 0 Å². The highest BCUT2D eigenvalue weighted by Gasteiger charge is 2.12. The molecule has 0 aliphatic carbocycles. The molecule has 1 aromatic rings. The van der Waals surface area contributed by atoms with Crippen molar-refractivity contribution in [3.8, 4) is 5.75 Å². The molecule has 1 N–H and O–H groups in total. The van der Waals surface area contributed by atoms with Crippen molar-refractivity contribution in [3.05, 3.63) is 23.8 Å². The van der Waals surface area contributed by atoms with Crippen LogP contribution in [0.3, 0.4) is 0 Å². The van der Waals surface area contributed by atoms with Gasteiger partial charge in [-0.2, -0.15) is 11.8 Å². The van der Waals surface area contributed by atoms with Gasteiger partial charge in [0.25, 0.3) is 0 Å². The second kappa shape index (κ2) is 6.04. The fraction of sp³-hybridized carbons (Fsp3) is 0.538. The van der Waals surface area contributed by atoms with Gasteiger partial charge in [0.2, 0.25) is 0 Å². The maximum absolute atomic E-state index is 5.82. The summed E-state index contributed by atoms with van der Waals surface area (Å²) in [5, 5.41) is 3.44. The van der Waals surface area contributed by atoms with Crippen LogP contribution < -0.4 is 10.1 Å². The first-order chi connectivity index (χ1) is 7.92. The van der Waals surface area contributed by atoms with Crippen molar-refractivity contribution in [2.45, 2.75) is 19.8 Å². The monoisotopic (exact) mass is 237 g/mol. The Morgan fingerprint density at radius 3 is 3.25 bits per heavy atom. The number of aryl methyl sites for hydroxylation is 1. The normalized spacial score (nSPS) is 14.1. The van der Waals surface area contributed by atoms with E-state index >= 15 is 0 Å². The first-order valence-corrected chi connectivity index (χ1v) is 7.13. The lowest BCUT2D eigenvalue weighted by Gasteiger charge is -2.21. The zero-order valence-corrected chi connectivity index (χ0v) is 10.6. The number of rotatable bonds is 5. The van der Waals surface area contributed by atoms with Crippen molar-refractivity contribution in [3.63, 3.8) is 0 Å². The summed E-state index contributed by atoms with van der Waals surface area (Å²) >= 11 is 1.92. The highest BCUT2D eigenvalue weighted by Crippen LogP contribution is 2.31.